The van der Waals surface area contributed by atoms with Crippen LogP contribution in [0.4, 0.5) is 0 Å². The predicted molar refractivity (Wildman–Crippen MR) is 44.6 cm³/mol. The Hall–Kier alpha value is -0.0800. The molecule has 2 heteroatoms. The Kier molecular flexibility index (Phi) is 2.14. The van der Waals surface area contributed by atoms with Crippen LogP contribution < -0.4 is 0 Å². The minimum absolute atomic E-state index is 0.766. The summed E-state index contributed by atoms with van der Waals surface area (Å²) in [5.41, 5.74) is 0. The van der Waals surface area contributed by atoms with Gasteiger partial charge < -0.3 is 4.74 Å². The van der Waals surface area contributed by atoms with Gasteiger partial charge in [0.1, 0.15) is 0 Å². The van der Waals surface area contributed by atoms with E-state index in [0.717, 1.165) is 25.2 Å². The molecule has 64 valence electrons. The van der Waals surface area contributed by atoms with Gasteiger partial charge in [0.2, 0.25) is 0 Å². The van der Waals surface area contributed by atoms with Crippen LogP contribution in [0.25, 0.3) is 0 Å². The second-order valence-electron chi connectivity index (χ2n) is 3.91. The van der Waals surface area contributed by atoms with Crippen LogP contribution >= 0.6 is 0 Å². The molecule has 0 radical (unpaired) electrons. The van der Waals surface area contributed by atoms with Crippen LogP contribution in [-0.2, 0) is 4.74 Å². The van der Waals surface area contributed by atoms with E-state index in [-0.39, 0.29) is 0 Å². The molecular formula is C9H17NO. The lowest BCUT2D eigenvalue weighted by Gasteiger charge is -2.40. The van der Waals surface area contributed by atoms with Gasteiger partial charge >= 0.3 is 0 Å². The van der Waals surface area contributed by atoms with Crippen molar-refractivity contribution < 1.29 is 4.74 Å². The summed E-state index contributed by atoms with van der Waals surface area (Å²) < 4.78 is 5.17. The van der Waals surface area contributed by atoms with E-state index in [0.29, 0.717) is 0 Å². The van der Waals surface area contributed by atoms with Crippen LogP contribution in [0.3, 0.4) is 0 Å². The van der Waals surface area contributed by atoms with Crippen LogP contribution in [0.5, 0.6) is 0 Å². The third-order valence-electron chi connectivity index (χ3n) is 2.96. The average Bonchev–Trinajstić information content (AvgIpc) is 1.90. The fourth-order valence-corrected chi connectivity index (χ4v) is 1.83. The molecule has 0 bridgehead atoms. The van der Waals surface area contributed by atoms with E-state index in [2.05, 4.69) is 11.8 Å². The molecule has 2 saturated heterocycles. The Morgan fingerprint density at radius 1 is 1.18 bits per heavy atom. The highest BCUT2D eigenvalue weighted by Gasteiger charge is 2.28. The Morgan fingerprint density at radius 2 is 1.82 bits per heavy atom. The van der Waals surface area contributed by atoms with E-state index in [1.807, 2.05) is 0 Å². The summed E-state index contributed by atoms with van der Waals surface area (Å²) in [4.78, 5) is 2.59. The van der Waals surface area contributed by atoms with E-state index >= 15 is 0 Å². The molecule has 0 aliphatic carbocycles. The molecule has 0 N–H and O–H groups in total. The molecule has 0 spiro atoms. The number of nitrogens with zero attached hydrogens (tertiary/aromatic N) is 1. The molecule has 11 heavy (non-hydrogen) atoms. The normalized spacial score (nSPS) is 30.3. The zero-order chi connectivity index (χ0) is 7.68. The molecule has 0 atom stereocenters. The summed E-state index contributed by atoms with van der Waals surface area (Å²) in [5.74, 6) is 0.951. The maximum Gasteiger partial charge on any atom is 0.0645 e. The second kappa shape index (κ2) is 3.11. The molecule has 0 aromatic heterocycles. The van der Waals surface area contributed by atoms with Gasteiger partial charge in [-0.15, -0.1) is 0 Å². The Balaban J connectivity index is 1.77. The molecule has 2 aliphatic heterocycles. The van der Waals surface area contributed by atoms with Crippen molar-refractivity contribution in [2.24, 2.45) is 5.92 Å². The largest absolute Gasteiger partial charge is 0.378 e. The summed E-state index contributed by atoms with van der Waals surface area (Å²) in [7, 11) is 0. The lowest BCUT2D eigenvalue weighted by molar-refractivity contribution is -0.0731. The Bertz CT molecular complexity index is 126. The first kappa shape index (κ1) is 7.56. The molecule has 2 aliphatic rings. The minimum atomic E-state index is 0.766. The van der Waals surface area contributed by atoms with Gasteiger partial charge in [0.15, 0.2) is 0 Å². The SMILES string of the molecule is CC1CCN(C2COC2)CC1. The van der Waals surface area contributed by atoms with E-state index in [1.54, 1.807) is 0 Å². The van der Waals surface area contributed by atoms with Crippen molar-refractivity contribution >= 4 is 0 Å². The third-order valence-corrected chi connectivity index (χ3v) is 2.96. The zero-order valence-corrected chi connectivity index (χ0v) is 7.25. The van der Waals surface area contributed by atoms with Crippen molar-refractivity contribution in [1.82, 2.24) is 4.90 Å². The molecule has 0 amide bonds. The van der Waals surface area contributed by atoms with Crippen LogP contribution in [-0.4, -0.2) is 37.2 Å². The maximum absolute atomic E-state index is 5.17. The number of rotatable bonds is 1. The van der Waals surface area contributed by atoms with Crippen LogP contribution in [0.1, 0.15) is 19.8 Å². The molecule has 0 aromatic carbocycles. The smallest absolute Gasteiger partial charge is 0.0645 e. The number of hydrogen-bond acceptors (Lipinski definition) is 2. The summed E-state index contributed by atoms with van der Waals surface area (Å²) in [6.07, 6.45) is 2.77. The van der Waals surface area contributed by atoms with Crippen molar-refractivity contribution in [3.63, 3.8) is 0 Å². The zero-order valence-electron chi connectivity index (χ0n) is 7.25. The fraction of sp³-hybridized carbons (Fsp3) is 1.00. The molecule has 2 heterocycles. The lowest BCUT2D eigenvalue weighted by Crippen LogP contribution is -2.51. The van der Waals surface area contributed by atoms with Gasteiger partial charge in [-0.1, -0.05) is 6.92 Å². The average molecular weight is 155 g/mol. The summed E-state index contributed by atoms with van der Waals surface area (Å²) in [6.45, 7) is 6.92. The van der Waals surface area contributed by atoms with Crippen molar-refractivity contribution in [3.8, 4) is 0 Å². The summed E-state index contributed by atoms with van der Waals surface area (Å²) in [5, 5.41) is 0. The third kappa shape index (κ3) is 1.57. The van der Waals surface area contributed by atoms with E-state index in [9.17, 15) is 0 Å². The molecule has 0 aromatic rings. The van der Waals surface area contributed by atoms with Gasteiger partial charge in [0.25, 0.3) is 0 Å². The first-order chi connectivity index (χ1) is 5.36. The highest BCUT2D eigenvalue weighted by atomic mass is 16.5. The van der Waals surface area contributed by atoms with Crippen molar-refractivity contribution in [2.75, 3.05) is 26.3 Å². The highest BCUT2D eigenvalue weighted by molar-refractivity contribution is 4.80. The van der Waals surface area contributed by atoms with Gasteiger partial charge in [0, 0.05) is 0 Å². The lowest BCUT2D eigenvalue weighted by atomic mass is 9.97. The van der Waals surface area contributed by atoms with Gasteiger partial charge in [-0.25, -0.2) is 0 Å². The van der Waals surface area contributed by atoms with E-state index in [1.165, 1.54) is 25.9 Å². The first-order valence-electron chi connectivity index (χ1n) is 4.68. The number of ether oxygens (including phenoxy) is 1. The number of hydrogen-bond donors (Lipinski definition) is 0. The minimum Gasteiger partial charge on any atom is -0.378 e. The standard InChI is InChI=1S/C9H17NO/c1-8-2-4-10(5-3-8)9-6-11-7-9/h8-9H,2-7H2,1H3. The van der Waals surface area contributed by atoms with Crippen molar-refractivity contribution in [3.05, 3.63) is 0 Å². The van der Waals surface area contributed by atoms with Gasteiger partial charge in [-0.3, -0.25) is 4.90 Å². The van der Waals surface area contributed by atoms with Crippen molar-refractivity contribution in [1.29, 1.82) is 0 Å². The summed E-state index contributed by atoms with van der Waals surface area (Å²) in [6, 6.07) is 0.766. The Labute approximate surface area is 68.5 Å². The van der Waals surface area contributed by atoms with Crippen LogP contribution in [0.2, 0.25) is 0 Å². The predicted octanol–water partition coefficient (Wildman–Crippen LogP) is 1.12. The number of piperidine rings is 1. The van der Waals surface area contributed by atoms with E-state index in [4.69, 9.17) is 4.74 Å². The number of likely N-dealkylation sites (tertiary alicyclic amines) is 1. The topological polar surface area (TPSA) is 12.5 Å². The molecule has 2 rings (SSSR count). The van der Waals surface area contributed by atoms with Crippen molar-refractivity contribution in [2.45, 2.75) is 25.8 Å². The van der Waals surface area contributed by atoms with Gasteiger partial charge in [-0.05, 0) is 31.8 Å². The fourth-order valence-electron chi connectivity index (χ4n) is 1.83. The monoisotopic (exact) mass is 155 g/mol. The summed E-state index contributed by atoms with van der Waals surface area (Å²) >= 11 is 0. The molecule has 0 unspecified atom stereocenters. The second-order valence-corrected chi connectivity index (χ2v) is 3.91. The molecule has 2 nitrogen and oxygen atoms in total. The van der Waals surface area contributed by atoms with E-state index < -0.39 is 0 Å². The first-order valence-corrected chi connectivity index (χ1v) is 4.68. The molecule has 0 saturated carbocycles. The maximum atomic E-state index is 5.17. The van der Waals surface area contributed by atoms with Gasteiger partial charge in [0.05, 0.1) is 19.3 Å². The molecular weight excluding hydrogens is 138 g/mol. The quantitative estimate of drug-likeness (QED) is 0.562. The Morgan fingerprint density at radius 3 is 2.27 bits per heavy atom. The highest BCUT2D eigenvalue weighted by Crippen LogP contribution is 2.20. The van der Waals surface area contributed by atoms with Gasteiger partial charge in [-0.2, -0.15) is 0 Å². The van der Waals surface area contributed by atoms with Crippen LogP contribution in [0, 0.1) is 5.92 Å². The molecule has 2 fully saturated rings. The van der Waals surface area contributed by atoms with Crippen LogP contribution in [0.15, 0.2) is 0 Å².